The third kappa shape index (κ3) is 5.04. The van der Waals surface area contributed by atoms with Gasteiger partial charge < -0.3 is 15.4 Å². The smallest absolute Gasteiger partial charge is 0.222 e. The summed E-state index contributed by atoms with van der Waals surface area (Å²) in [6.07, 6.45) is 1.35. The molecule has 1 rings (SSSR count). The molecule has 1 amide bonds. The molecule has 0 spiro atoms. The molecule has 1 aliphatic heterocycles. The van der Waals surface area contributed by atoms with Crippen LogP contribution in [0.5, 0.6) is 0 Å². The molecule has 0 aliphatic carbocycles. The number of hydrogen-bond donors (Lipinski definition) is 1. The summed E-state index contributed by atoms with van der Waals surface area (Å²) in [6.45, 7) is 11.3. The Labute approximate surface area is 104 Å². The zero-order valence-corrected chi connectivity index (χ0v) is 11.7. The first kappa shape index (κ1) is 14.5. The van der Waals surface area contributed by atoms with Crippen LogP contribution in [0.2, 0.25) is 0 Å². The van der Waals surface area contributed by atoms with Gasteiger partial charge in [-0.15, -0.1) is 0 Å². The summed E-state index contributed by atoms with van der Waals surface area (Å²) < 4.78 is 5.78. The highest BCUT2D eigenvalue weighted by Crippen LogP contribution is 2.22. The van der Waals surface area contributed by atoms with Crippen molar-refractivity contribution in [1.29, 1.82) is 0 Å². The maximum absolute atomic E-state index is 12.1. The van der Waals surface area contributed by atoms with Crippen LogP contribution in [0, 0.1) is 0 Å². The average molecular weight is 242 g/mol. The van der Waals surface area contributed by atoms with Crippen LogP contribution in [0.3, 0.4) is 0 Å². The van der Waals surface area contributed by atoms with Crippen molar-refractivity contribution in [3.63, 3.8) is 0 Å². The highest BCUT2D eigenvalue weighted by molar-refractivity contribution is 5.76. The van der Waals surface area contributed by atoms with E-state index < -0.39 is 0 Å². The summed E-state index contributed by atoms with van der Waals surface area (Å²) in [5, 5.41) is 0. The van der Waals surface area contributed by atoms with E-state index in [1.54, 1.807) is 0 Å². The molecule has 0 saturated carbocycles. The summed E-state index contributed by atoms with van der Waals surface area (Å²) in [6, 6.07) is 0. The molecule has 1 unspecified atom stereocenters. The fourth-order valence-electron chi connectivity index (χ4n) is 2.23. The molecule has 2 N–H and O–H groups in total. The van der Waals surface area contributed by atoms with Crippen LogP contribution in [0.25, 0.3) is 0 Å². The molecule has 1 heterocycles. The van der Waals surface area contributed by atoms with E-state index in [9.17, 15) is 4.79 Å². The number of amides is 1. The van der Waals surface area contributed by atoms with Crippen molar-refractivity contribution >= 4 is 5.91 Å². The monoisotopic (exact) mass is 242 g/mol. The standard InChI is InChI=1S/C13H26N2O2/c1-10-8-15(9-13(4,5)17-10)11(16)6-7-12(2,3)14/h10H,6-9,14H2,1-5H3. The fraction of sp³-hybridized carbons (Fsp3) is 0.923. The van der Waals surface area contributed by atoms with Crippen LogP contribution in [0.15, 0.2) is 0 Å². The highest BCUT2D eigenvalue weighted by atomic mass is 16.5. The maximum Gasteiger partial charge on any atom is 0.222 e. The van der Waals surface area contributed by atoms with Crippen molar-refractivity contribution in [3.8, 4) is 0 Å². The number of ether oxygens (including phenoxy) is 1. The Kier molecular flexibility index (Phi) is 4.20. The average Bonchev–Trinajstić information content (AvgIpc) is 2.09. The van der Waals surface area contributed by atoms with Crippen molar-refractivity contribution in [3.05, 3.63) is 0 Å². The molecule has 1 saturated heterocycles. The second-order valence-electron chi connectivity index (χ2n) is 6.45. The van der Waals surface area contributed by atoms with E-state index in [1.807, 2.05) is 39.5 Å². The number of nitrogens with two attached hydrogens (primary N) is 1. The highest BCUT2D eigenvalue weighted by Gasteiger charge is 2.33. The predicted octanol–water partition coefficient (Wildman–Crippen LogP) is 1.53. The van der Waals surface area contributed by atoms with Gasteiger partial charge in [0.05, 0.1) is 11.7 Å². The second-order valence-corrected chi connectivity index (χ2v) is 6.45. The molecular formula is C13H26N2O2. The number of morpholine rings is 1. The number of hydrogen-bond acceptors (Lipinski definition) is 3. The molecule has 100 valence electrons. The molecule has 4 nitrogen and oxygen atoms in total. The molecular weight excluding hydrogens is 216 g/mol. The minimum Gasteiger partial charge on any atom is -0.369 e. The first-order chi connectivity index (χ1) is 7.59. The van der Waals surface area contributed by atoms with Gasteiger partial charge in [-0.2, -0.15) is 0 Å². The van der Waals surface area contributed by atoms with Crippen LogP contribution >= 0.6 is 0 Å². The van der Waals surface area contributed by atoms with Gasteiger partial charge in [-0.25, -0.2) is 0 Å². The van der Waals surface area contributed by atoms with E-state index in [-0.39, 0.29) is 23.2 Å². The van der Waals surface area contributed by atoms with Gasteiger partial charge in [0.2, 0.25) is 5.91 Å². The SMILES string of the molecule is CC1CN(C(=O)CCC(C)(C)N)CC(C)(C)O1. The molecule has 4 heteroatoms. The number of nitrogens with zero attached hydrogens (tertiary/aromatic N) is 1. The third-order valence-electron chi connectivity index (χ3n) is 2.91. The van der Waals surface area contributed by atoms with Crippen molar-refractivity contribution in [2.75, 3.05) is 13.1 Å². The summed E-state index contributed by atoms with van der Waals surface area (Å²) >= 11 is 0. The zero-order valence-electron chi connectivity index (χ0n) is 11.7. The lowest BCUT2D eigenvalue weighted by molar-refractivity contribution is -0.158. The van der Waals surface area contributed by atoms with Gasteiger partial charge in [0.1, 0.15) is 0 Å². The van der Waals surface area contributed by atoms with Gasteiger partial charge >= 0.3 is 0 Å². The fourth-order valence-corrected chi connectivity index (χ4v) is 2.23. The van der Waals surface area contributed by atoms with Crippen LogP contribution in [0.1, 0.15) is 47.5 Å². The number of carbonyl (C=O) groups excluding carboxylic acids is 1. The molecule has 0 bridgehead atoms. The van der Waals surface area contributed by atoms with Crippen LogP contribution in [-0.2, 0) is 9.53 Å². The lowest BCUT2D eigenvalue weighted by Gasteiger charge is -2.42. The summed E-state index contributed by atoms with van der Waals surface area (Å²) in [5.41, 5.74) is 5.38. The molecule has 1 aliphatic rings. The zero-order chi connectivity index (χ0) is 13.3. The molecule has 0 aromatic carbocycles. The van der Waals surface area contributed by atoms with Gasteiger partial charge in [0.15, 0.2) is 0 Å². The first-order valence-corrected chi connectivity index (χ1v) is 6.33. The minimum atomic E-state index is -0.275. The van der Waals surface area contributed by atoms with Gasteiger partial charge in [0.25, 0.3) is 0 Å². The second kappa shape index (κ2) is 4.94. The molecule has 1 fully saturated rings. The van der Waals surface area contributed by atoms with Gasteiger partial charge in [-0.1, -0.05) is 0 Å². The Morgan fingerprint density at radius 1 is 1.53 bits per heavy atom. The number of rotatable bonds is 3. The van der Waals surface area contributed by atoms with Crippen molar-refractivity contribution in [2.45, 2.75) is 64.7 Å². The van der Waals surface area contributed by atoms with E-state index in [2.05, 4.69) is 0 Å². The maximum atomic E-state index is 12.1. The quantitative estimate of drug-likeness (QED) is 0.816. The van der Waals surface area contributed by atoms with E-state index in [0.29, 0.717) is 19.5 Å². The van der Waals surface area contributed by atoms with Crippen LogP contribution in [0.4, 0.5) is 0 Å². The van der Waals surface area contributed by atoms with Crippen LogP contribution in [-0.4, -0.2) is 41.1 Å². The first-order valence-electron chi connectivity index (χ1n) is 6.33. The Hall–Kier alpha value is -0.610. The van der Waals surface area contributed by atoms with Crippen molar-refractivity contribution in [1.82, 2.24) is 4.90 Å². The molecule has 17 heavy (non-hydrogen) atoms. The Morgan fingerprint density at radius 3 is 2.59 bits per heavy atom. The minimum absolute atomic E-state index is 0.105. The van der Waals surface area contributed by atoms with E-state index in [1.165, 1.54) is 0 Å². The van der Waals surface area contributed by atoms with Crippen LogP contribution < -0.4 is 5.73 Å². The topological polar surface area (TPSA) is 55.6 Å². The summed E-state index contributed by atoms with van der Waals surface area (Å²) in [7, 11) is 0. The van der Waals surface area contributed by atoms with Crippen molar-refractivity contribution < 1.29 is 9.53 Å². The molecule has 0 aromatic heterocycles. The van der Waals surface area contributed by atoms with Gasteiger partial charge in [0, 0.05) is 25.0 Å². The Balaban J connectivity index is 2.52. The Bertz CT molecular complexity index is 282. The third-order valence-corrected chi connectivity index (χ3v) is 2.91. The predicted molar refractivity (Wildman–Crippen MR) is 68.7 cm³/mol. The van der Waals surface area contributed by atoms with Crippen molar-refractivity contribution in [2.24, 2.45) is 5.73 Å². The van der Waals surface area contributed by atoms with Gasteiger partial charge in [-0.3, -0.25) is 4.79 Å². The summed E-state index contributed by atoms with van der Waals surface area (Å²) in [4.78, 5) is 14.0. The summed E-state index contributed by atoms with van der Waals surface area (Å²) in [5.74, 6) is 0.187. The van der Waals surface area contributed by atoms with Gasteiger partial charge in [-0.05, 0) is 41.0 Å². The van der Waals surface area contributed by atoms with E-state index in [0.717, 1.165) is 6.42 Å². The number of carbonyl (C=O) groups is 1. The molecule has 0 aromatic rings. The lowest BCUT2D eigenvalue weighted by Crippen LogP contribution is -2.54. The largest absolute Gasteiger partial charge is 0.369 e. The van der Waals surface area contributed by atoms with E-state index >= 15 is 0 Å². The molecule has 1 atom stereocenters. The van der Waals surface area contributed by atoms with E-state index in [4.69, 9.17) is 10.5 Å². The molecule has 0 radical (unpaired) electrons. The normalized spacial score (nSPS) is 24.8. The lowest BCUT2D eigenvalue weighted by atomic mass is 9.98. The Morgan fingerprint density at radius 2 is 2.12 bits per heavy atom.